The molecule has 2 heterocycles. The first-order chi connectivity index (χ1) is 20.1. The van der Waals surface area contributed by atoms with Gasteiger partial charge >= 0.3 is 6.09 Å². The smallest absolute Gasteiger partial charge is 0.407 e. The van der Waals surface area contributed by atoms with Crippen LogP contribution in [0.25, 0.3) is 0 Å². The van der Waals surface area contributed by atoms with Crippen LogP contribution in [0.4, 0.5) is 10.5 Å². The van der Waals surface area contributed by atoms with Gasteiger partial charge in [-0.05, 0) is 75.3 Å². The first-order valence-corrected chi connectivity index (χ1v) is 15.7. The lowest BCUT2D eigenvalue weighted by Crippen LogP contribution is -2.56. The third-order valence-corrected chi connectivity index (χ3v) is 8.98. The van der Waals surface area contributed by atoms with Gasteiger partial charge in [0, 0.05) is 68.6 Å². The first kappa shape index (κ1) is 30.2. The number of amides is 3. The summed E-state index contributed by atoms with van der Waals surface area (Å²) in [5.41, 5.74) is 1.01. The van der Waals surface area contributed by atoms with Gasteiger partial charge in [-0.1, -0.05) is 34.1 Å². The Bertz CT molecular complexity index is 1270. The highest BCUT2D eigenvalue weighted by atomic mass is 79.9. The van der Waals surface area contributed by atoms with Crippen LogP contribution < -0.4 is 9.64 Å². The molecule has 0 radical (unpaired) electrons. The predicted octanol–water partition coefficient (Wildman–Crippen LogP) is 5.08. The van der Waals surface area contributed by atoms with E-state index in [1.54, 1.807) is 18.7 Å². The molecular weight excluding hydrogens is 600 g/mol. The lowest BCUT2D eigenvalue weighted by molar-refractivity contribution is -0.147. The van der Waals surface area contributed by atoms with Gasteiger partial charge in [0.25, 0.3) is 5.91 Å². The second-order valence-corrected chi connectivity index (χ2v) is 13.2. The number of piperidine rings is 1. The van der Waals surface area contributed by atoms with Gasteiger partial charge in [-0.2, -0.15) is 0 Å². The number of carbonyl (C=O) groups is 3. The molecule has 3 aliphatic rings. The SMILES string of the molecule is CC(C)(Oc1cccc(N2CCCC(C(=O)N(Cc3ccc(Br)cc3)CC3CC3)C2)c1)C(=O)N1CCN(C(=O)O)CC1. The van der Waals surface area contributed by atoms with Crippen LogP contribution in [0, 0.1) is 11.8 Å². The Kier molecular flexibility index (Phi) is 9.30. The molecule has 0 aromatic heterocycles. The molecule has 1 atom stereocenters. The molecule has 5 rings (SSSR count). The van der Waals surface area contributed by atoms with Crippen LogP contribution in [0.5, 0.6) is 5.75 Å². The predicted molar refractivity (Wildman–Crippen MR) is 165 cm³/mol. The summed E-state index contributed by atoms with van der Waals surface area (Å²) in [5.74, 6) is 1.21. The zero-order valence-corrected chi connectivity index (χ0v) is 26.1. The molecule has 0 bridgehead atoms. The Labute approximate surface area is 256 Å². The Balaban J connectivity index is 1.22. The van der Waals surface area contributed by atoms with Crippen molar-refractivity contribution in [2.75, 3.05) is 50.7 Å². The summed E-state index contributed by atoms with van der Waals surface area (Å²) in [7, 11) is 0. The van der Waals surface area contributed by atoms with Gasteiger partial charge in [0.1, 0.15) is 5.75 Å². The van der Waals surface area contributed by atoms with E-state index in [4.69, 9.17) is 4.74 Å². The summed E-state index contributed by atoms with van der Waals surface area (Å²) in [4.78, 5) is 45.7. The Morgan fingerprint density at radius 2 is 1.67 bits per heavy atom. The fourth-order valence-electron chi connectivity index (χ4n) is 5.89. The van der Waals surface area contributed by atoms with Crippen molar-refractivity contribution < 1.29 is 24.2 Å². The van der Waals surface area contributed by atoms with Gasteiger partial charge in [-0.3, -0.25) is 9.59 Å². The molecule has 3 amide bonds. The third kappa shape index (κ3) is 7.56. The van der Waals surface area contributed by atoms with Crippen molar-refractivity contribution in [1.82, 2.24) is 14.7 Å². The number of halogens is 1. The molecule has 1 unspecified atom stereocenters. The molecule has 9 nitrogen and oxygen atoms in total. The van der Waals surface area contributed by atoms with Crippen molar-refractivity contribution in [1.29, 1.82) is 0 Å². The second-order valence-electron chi connectivity index (χ2n) is 12.2. The minimum atomic E-state index is -1.11. The highest BCUT2D eigenvalue weighted by Gasteiger charge is 2.37. The second kappa shape index (κ2) is 12.9. The van der Waals surface area contributed by atoms with Crippen molar-refractivity contribution in [2.45, 2.75) is 51.7 Å². The van der Waals surface area contributed by atoms with Crippen molar-refractivity contribution in [3.63, 3.8) is 0 Å². The average molecular weight is 642 g/mol. The summed E-state index contributed by atoms with van der Waals surface area (Å²) in [6.07, 6.45) is 3.25. The van der Waals surface area contributed by atoms with Gasteiger partial charge in [0.15, 0.2) is 5.60 Å². The number of anilines is 1. The molecule has 42 heavy (non-hydrogen) atoms. The Morgan fingerprint density at radius 1 is 0.976 bits per heavy atom. The maximum atomic E-state index is 13.8. The lowest BCUT2D eigenvalue weighted by atomic mass is 9.95. The van der Waals surface area contributed by atoms with Crippen molar-refractivity contribution >= 4 is 39.5 Å². The molecule has 1 aliphatic carbocycles. The number of carbonyl (C=O) groups excluding carboxylic acids is 2. The fourth-order valence-corrected chi connectivity index (χ4v) is 6.15. The number of piperazine rings is 1. The van der Waals surface area contributed by atoms with Gasteiger partial charge in [-0.25, -0.2) is 4.79 Å². The van der Waals surface area contributed by atoms with Crippen LogP contribution in [0.3, 0.4) is 0 Å². The van der Waals surface area contributed by atoms with Gasteiger partial charge in [0.05, 0.1) is 5.92 Å². The number of ether oxygens (including phenoxy) is 1. The number of hydrogen-bond donors (Lipinski definition) is 1. The number of benzene rings is 2. The molecule has 2 aromatic rings. The van der Waals surface area contributed by atoms with E-state index in [1.165, 1.54) is 17.7 Å². The van der Waals surface area contributed by atoms with E-state index < -0.39 is 11.7 Å². The van der Waals surface area contributed by atoms with Crippen molar-refractivity contribution in [2.24, 2.45) is 11.8 Å². The summed E-state index contributed by atoms with van der Waals surface area (Å²) < 4.78 is 7.27. The number of carboxylic acid groups (broad SMARTS) is 1. The molecule has 10 heteroatoms. The van der Waals surface area contributed by atoms with E-state index in [0.29, 0.717) is 50.9 Å². The average Bonchev–Trinajstić information content (AvgIpc) is 3.81. The van der Waals surface area contributed by atoms with Crippen LogP contribution in [-0.2, 0) is 16.1 Å². The maximum Gasteiger partial charge on any atom is 0.407 e. The van der Waals surface area contributed by atoms with E-state index in [0.717, 1.165) is 41.7 Å². The van der Waals surface area contributed by atoms with Crippen molar-refractivity contribution in [3.8, 4) is 5.75 Å². The van der Waals surface area contributed by atoms with E-state index in [1.807, 2.05) is 36.4 Å². The fraction of sp³-hybridized carbons (Fsp3) is 0.531. The third-order valence-electron chi connectivity index (χ3n) is 8.45. The standard InChI is InChI=1S/C32H41BrN4O5/c1-32(2,30(39)34-15-17-35(18-16-34)31(40)41)42-28-7-3-6-27(19-28)36-14-4-5-25(22-36)29(38)37(20-23-8-9-23)21-24-10-12-26(33)13-11-24/h3,6-7,10-13,19,23,25H,4-5,8-9,14-18,20-22H2,1-2H3,(H,40,41). The minimum absolute atomic E-state index is 0.0694. The first-order valence-electron chi connectivity index (χ1n) is 14.9. The molecule has 0 spiro atoms. The molecule has 2 aromatic carbocycles. The van der Waals surface area contributed by atoms with E-state index in [2.05, 4.69) is 37.9 Å². The van der Waals surface area contributed by atoms with E-state index >= 15 is 0 Å². The summed E-state index contributed by atoms with van der Waals surface area (Å²) in [5, 5.41) is 9.20. The topological polar surface area (TPSA) is 93.6 Å². The van der Waals surface area contributed by atoms with Crippen LogP contribution in [-0.4, -0.2) is 89.1 Å². The molecule has 2 saturated heterocycles. The Hall–Kier alpha value is -3.27. The molecule has 2 aliphatic heterocycles. The molecule has 1 N–H and O–H groups in total. The molecule has 226 valence electrons. The van der Waals surface area contributed by atoms with Gasteiger partial charge in [-0.15, -0.1) is 0 Å². The number of nitrogens with zero attached hydrogens (tertiary/aromatic N) is 4. The Morgan fingerprint density at radius 3 is 2.33 bits per heavy atom. The highest BCUT2D eigenvalue weighted by Crippen LogP contribution is 2.33. The number of hydrogen-bond acceptors (Lipinski definition) is 5. The zero-order chi connectivity index (χ0) is 29.9. The van der Waals surface area contributed by atoms with Gasteiger partial charge < -0.3 is 29.4 Å². The van der Waals surface area contributed by atoms with Crippen molar-refractivity contribution in [3.05, 3.63) is 58.6 Å². The highest BCUT2D eigenvalue weighted by molar-refractivity contribution is 9.10. The lowest BCUT2D eigenvalue weighted by Gasteiger charge is -2.38. The van der Waals surface area contributed by atoms with Crippen LogP contribution in [0.2, 0.25) is 0 Å². The summed E-state index contributed by atoms with van der Waals surface area (Å²) in [6, 6.07) is 16.0. The maximum absolute atomic E-state index is 13.8. The van der Waals surface area contributed by atoms with E-state index in [9.17, 15) is 19.5 Å². The minimum Gasteiger partial charge on any atom is -0.478 e. The normalized spacial score (nSPS) is 19.4. The zero-order valence-electron chi connectivity index (χ0n) is 24.5. The summed E-state index contributed by atoms with van der Waals surface area (Å²) >= 11 is 3.50. The van der Waals surface area contributed by atoms with Crippen LogP contribution in [0.15, 0.2) is 53.0 Å². The van der Waals surface area contributed by atoms with Crippen LogP contribution in [0.1, 0.15) is 45.1 Å². The quantitative estimate of drug-likeness (QED) is 0.411. The summed E-state index contributed by atoms with van der Waals surface area (Å²) in [6.45, 7) is 7.76. The van der Waals surface area contributed by atoms with Gasteiger partial charge in [0.2, 0.25) is 5.91 Å². The molecule has 1 saturated carbocycles. The van der Waals surface area contributed by atoms with E-state index in [-0.39, 0.29) is 17.7 Å². The largest absolute Gasteiger partial charge is 0.478 e. The van der Waals surface area contributed by atoms with Crippen LogP contribution >= 0.6 is 15.9 Å². The number of rotatable bonds is 9. The monoisotopic (exact) mass is 640 g/mol. The molecular formula is C32H41BrN4O5. The molecule has 3 fully saturated rings.